The summed E-state index contributed by atoms with van der Waals surface area (Å²) >= 11 is 1.33. The van der Waals surface area contributed by atoms with Crippen LogP contribution in [-0.2, 0) is 0 Å². The molecule has 5 nitrogen and oxygen atoms in total. The van der Waals surface area contributed by atoms with Gasteiger partial charge in [0.05, 0.1) is 18.3 Å². The van der Waals surface area contributed by atoms with Crippen LogP contribution in [-0.4, -0.2) is 16.7 Å². The predicted molar refractivity (Wildman–Crippen MR) is 103 cm³/mol. The van der Waals surface area contributed by atoms with Gasteiger partial charge in [0.2, 0.25) is 0 Å². The number of ether oxygens (including phenoxy) is 2. The lowest BCUT2D eigenvalue weighted by Gasteiger charge is -2.14. The third kappa shape index (κ3) is 3.06. The number of halogens is 1. The maximum atomic E-state index is 13.4. The van der Waals surface area contributed by atoms with Crippen molar-refractivity contribution in [3.05, 3.63) is 75.6 Å². The van der Waals surface area contributed by atoms with Crippen LogP contribution >= 0.6 is 11.3 Å². The van der Waals surface area contributed by atoms with Gasteiger partial charge in [0.1, 0.15) is 10.5 Å². The highest BCUT2D eigenvalue weighted by Gasteiger charge is 2.18. The number of hydrogen-bond donors (Lipinski definition) is 0. The number of rotatable bonds is 4. The third-order valence-electron chi connectivity index (χ3n) is 4.09. The molecule has 0 saturated heterocycles. The second-order valence-electron chi connectivity index (χ2n) is 5.86. The summed E-state index contributed by atoms with van der Waals surface area (Å²) in [6.45, 7) is 1.89. The second kappa shape index (κ2) is 6.85. The van der Waals surface area contributed by atoms with E-state index in [1.165, 1.54) is 47.3 Å². The summed E-state index contributed by atoms with van der Waals surface area (Å²) in [5, 5.41) is 1.88. The van der Waals surface area contributed by atoms with Gasteiger partial charge in [0, 0.05) is 0 Å². The molecule has 2 aromatic heterocycles. The SMILES string of the molecule is COc1ccccc1Oc1nc2c(C)csc2c(=O)n1-c1ccc(F)cc1. The van der Waals surface area contributed by atoms with E-state index in [0.29, 0.717) is 27.4 Å². The molecule has 0 saturated carbocycles. The molecule has 0 N–H and O–H groups in total. The van der Waals surface area contributed by atoms with Crippen molar-refractivity contribution in [2.24, 2.45) is 0 Å². The van der Waals surface area contributed by atoms with E-state index >= 15 is 0 Å². The largest absolute Gasteiger partial charge is 0.493 e. The summed E-state index contributed by atoms with van der Waals surface area (Å²) in [5.74, 6) is 0.550. The summed E-state index contributed by atoms with van der Waals surface area (Å²) in [6.07, 6.45) is 0. The number of nitrogens with zero attached hydrogens (tertiary/aromatic N) is 2. The van der Waals surface area contributed by atoms with Gasteiger partial charge in [-0.05, 0) is 54.3 Å². The minimum absolute atomic E-state index is 0.0881. The molecule has 4 rings (SSSR count). The molecular formula is C20H15FN2O3S. The predicted octanol–water partition coefficient (Wildman–Crippen LogP) is 4.70. The van der Waals surface area contributed by atoms with Gasteiger partial charge >= 0.3 is 6.01 Å². The Labute approximate surface area is 158 Å². The number of para-hydroxylation sites is 2. The van der Waals surface area contributed by atoms with Gasteiger partial charge in [-0.15, -0.1) is 11.3 Å². The number of aromatic nitrogens is 2. The molecular weight excluding hydrogens is 367 g/mol. The number of hydrogen-bond acceptors (Lipinski definition) is 5. The van der Waals surface area contributed by atoms with Crippen molar-refractivity contribution in [2.75, 3.05) is 7.11 Å². The van der Waals surface area contributed by atoms with Crippen molar-refractivity contribution in [1.29, 1.82) is 0 Å². The molecule has 4 aromatic rings. The smallest absolute Gasteiger partial charge is 0.310 e. The number of fused-ring (bicyclic) bond motifs is 1. The van der Waals surface area contributed by atoms with Crippen LogP contribution in [0.5, 0.6) is 17.5 Å². The van der Waals surface area contributed by atoms with E-state index in [9.17, 15) is 9.18 Å². The van der Waals surface area contributed by atoms with Crippen molar-refractivity contribution in [3.63, 3.8) is 0 Å². The summed E-state index contributed by atoms with van der Waals surface area (Å²) in [5.41, 5.74) is 1.68. The fourth-order valence-electron chi connectivity index (χ4n) is 2.75. The molecule has 2 heterocycles. The first kappa shape index (κ1) is 17.2. The second-order valence-corrected chi connectivity index (χ2v) is 6.74. The normalized spacial score (nSPS) is 10.9. The van der Waals surface area contributed by atoms with Gasteiger partial charge in [-0.25, -0.2) is 8.96 Å². The molecule has 0 aliphatic heterocycles. The van der Waals surface area contributed by atoms with Gasteiger partial charge in [-0.3, -0.25) is 4.79 Å². The molecule has 0 fully saturated rings. The summed E-state index contributed by atoms with van der Waals surface area (Å²) in [4.78, 5) is 17.7. The van der Waals surface area contributed by atoms with Crippen LogP contribution in [0.1, 0.15) is 5.56 Å². The average Bonchev–Trinajstić information content (AvgIpc) is 3.05. The van der Waals surface area contributed by atoms with E-state index in [-0.39, 0.29) is 17.4 Å². The van der Waals surface area contributed by atoms with Crippen LogP contribution < -0.4 is 15.0 Å². The molecule has 0 aliphatic rings. The number of benzene rings is 2. The highest BCUT2D eigenvalue weighted by atomic mass is 32.1. The highest BCUT2D eigenvalue weighted by Crippen LogP contribution is 2.32. The fraction of sp³-hybridized carbons (Fsp3) is 0.100. The Balaban J connectivity index is 1.97. The molecule has 27 heavy (non-hydrogen) atoms. The van der Waals surface area contributed by atoms with Crippen LogP contribution in [0.3, 0.4) is 0 Å². The Morgan fingerprint density at radius 1 is 1.07 bits per heavy atom. The number of thiophene rings is 1. The van der Waals surface area contributed by atoms with Crippen molar-refractivity contribution in [3.8, 4) is 23.2 Å². The Morgan fingerprint density at radius 3 is 2.48 bits per heavy atom. The summed E-state index contributed by atoms with van der Waals surface area (Å²) in [6, 6.07) is 12.8. The van der Waals surface area contributed by atoms with Crippen molar-refractivity contribution >= 4 is 21.6 Å². The number of aryl methyl sites for hydroxylation is 1. The minimum Gasteiger partial charge on any atom is -0.493 e. The van der Waals surface area contributed by atoms with Crippen LogP contribution in [0.2, 0.25) is 0 Å². The first-order valence-electron chi connectivity index (χ1n) is 8.16. The molecule has 0 amide bonds. The maximum absolute atomic E-state index is 13.4. The lowest BCUT2D eigenvalue weighted by Crippen LogP contribution is -2.20. The van der Waals surface area contributed by atoms with Crippen LogP contribution in [0.15, 0.2) is 58.7 Å². The molecule has 7 heteroatoms. The van der Waals surface area contributed by atoms with E-state index in [0.717, 1.165) is 5.56 Å². The van der Waals surface area contributed by atoms with Gasteiger partial charge in [-0.1, -0.05) is 12.1 Å². The van der Waals surface area contributed by atoms with Crippen LogP contribution in [0.4, 0.5) is 4.39 Å². The molecule has 0 radical (unpaired) electrons. The first-order valence-corrected chi connectivity index (χ1v) is 9.04. The molecule has 0 bridgehead atoms. The summed E-state index contributed by atoms with van der Waals surface area (Å²) < 4.78 is 26.5. The lowest BCUT2D eigenvalue weighted by molar-refractivity contribution is 0.363. The monoisotopic (exact) mass is 382 g/mol. The maximum Gasteiger partial charge on any atom is 0.310 e. The fourth-order valence-corrected chi connectivity index (χ4v) is 3.67. The Bertz CT molecular complexity index is 1180. The quantitative estimate of drug-likeness (QED) is 0.514. The third-order valence-corrected chi connectivity index (χ3v) is 5.17. The van der Waals surface area contributed by atoms with Crippen LogP contribution in [0.25, 0.3) is 15.9 Å². The van der Waals surface area contributed by atoms with Crippen molar-refractivity contribution in [1.82, 2.24) is 9.55 Å². The van der Waals surface area contributed by atoms with Gasteiger partial charge in [-0.2, -0.15) is 4.98 Å². The van der Waals surface area contributed by atoms with E-state index in [1.807, 2.05) is 18.4 Å². The molecule has 2 aromatic carbocycles. The van der Waals surface area contributed by atoms with Gasteiger partial charge in [0.15, 0.2) is 11.5 Å². The Morgan fingerprint density at radius 2 is 1.78 bits per heavy atom. The van der Waals surface area contributed by atoms with Crippen molar-refractivity contribution in [2.45, 2.75) is 6.92 Å². The Hall–Kier alpha value is -3.19. The molecule has 136 valence electrons. The van der Waals surface area contributed by atoms with E-state index < -0.39 is 0 Å². The highest BCUT2D eigenvalue weighted by molar-refractivity contribution is 7.17. The number of methoxy groups -OCH3 is 1. The Kier molecular flexibility index (Phi) is 4.37. The zero-order chi connectivity index (χ0) is 19.0. The van der Waals surface area contributed by atoms with E-state index in [1.54, 1.807) is 18.2 Å². The first-order chi connectivity index (χ1) is 13.1. The molecule has 0 aliphatic carbocycles. The topological polar surface area (TPSA) is 53.4 Å². The van der Waals surface area contributed by atoms with Crippen LogP contribution in [0, 0.1) is 12.7 Å². The van der Waals surface area contributed by atoms with Gasteiger partial charge < -0.3 is 9.47 Å². The van der Waals surface area contributed by atoms with E-state index in [4.69, 9.17) is 9.47 Å². The van der Waals surface area contributed by atoms with Crippen molar-refractivity contribution < 1.29 is 13.9 Å². The lowest BCUT2D eigenvalue weighted by atomic mass is 10.3. The van der Waals surface area contributed by atoms with E-state index in [2.05, 4.69) is 4.98 Å². The standard InChI is InChI=1S/C20H15FN2O3S/c1-12-11-27-18-17(12)22-20(26-16-6-4-3-5-15(16)25-2)23(19(18)24)14-9-7-13(21)8-10-14/h3-11H,1-2H3. The zero-order valence-corrected chi connectivity index (χ0v) is 15.4. The average molecular weight is 382 g/mol. The van der Waals surface area contributed by atoms with Gasteiger partial charge in [0.25, 0.3) is 5.56 Å². The molecule has 0 spiro atoms. The molecule has 0 unspecified atom stereocenters. The summed E-state index contributed by atoms with van der Waals surface area (Å²) in [7, 11) is 1.54. The minimum atomic E-state index is -0.389. The molecule has 0 atom stereocenters. The zero-order valence-electron chi connectivity index (χ0n) is 14.6.